The molecule has 0 unspecified atom stereocenters. The first-order chi connectivity index (χ1) is 11.0. The van der Waals surface area contributed by atoms with Crippen LogP contribution in [0.25, 0.3) is 6.08 Å². The second kappa shape index (κ2) is 6.08. The Hall–Kier alpha value is -2.88. The van der Waals surface area contributed by atoms with Gasteiger partial charge in [-0.3, -0.25) is 4.79 Å². The van der Waals surface area contributed by atoms with Crippen LogP contribution in [0.15, 0.2) is 60.4 Å². The summed E-state index contributed by atoms with van der Waals surface area (Å²) in [6, 6.07) is 10.9. The highest BCUT2D eigenvalue weighted by molar-refractivity contribution is 6.14. The number of ether oxygens (including phenoxy) is 2. The maximum absolute atomic E-state index is 12.9. The lowest BCUT2D eigenvalue weighted by Crippen LogP contribution is -1.98. The van der Waals surface area contributed by atoms with Gasteiger partial charge in [-0.2, -0.15) is 0 Å². The summed E-state index contributed by atoms with van der Waals surface area (Å²) in [6.45, 7) is 6.05. The number of Topliss-reactive ketones (excluding diaryl/α,β-unsaturated/α-hetero) is 1. The summed E-state index contributed by atoms with van der Waals surface area (Å²) in [5.74, 6) is 0.762. The van der Waals surface area contributed by atoms with Crippen LogP contribution in [0.1, 0.15) is 22.8 Å². The monoisotopic (exact) mass is 310 g/mol. The molecule has 0 bridgehead atoms. The van der Waals surface area contributed by atoms with Crippen molar-refractivity contribution < 1.29 is 18.7 Å². The summed E-state index contributed by atoms with van der Waals surface area (Å²) in [5, 5.41) is 0. The Balaban J connectivity index is 1.83. The number of fused-ring (bicyclic) bond motifs is 1. The van der Waals surface area contributed by atoms with Gasteiger partial charge in [0.1, 0.15) is 23.9 Å². The van der Waals surface area contributed by atoms with E-state index in [2.05, 4.69) is 6.58 Å². The Labute approximate surface area is 133 Å². The number of hydrogen-bond donors (Lipinski definition) is 0. The van der Waals surface area contributed by atoms with E-state index in [-0.39, 0.29) is 17.4 Å². The van der Waals surface area contributed by atoms with Crippen LogP contribution in [0.3, 0.4) is 0 Å². The van der Waals surface area contributed by atoms with Crippen molar-refractivity contribution >= 4 is 11.9 Å². The molecule has 1 heterocycles. The van der Waals surface area contributed by atoms with Crippen LogP contribution >= 0.6 is 0 Å². The zero-order valence-corrected chi connectivity index (χ0v) is 12.6. The normalized spacial score (nSPS) is 14.5. The van der Waals surface area contributed by atoms with Gasteiger partial charge in [0.25, 0.3) is 0 Å². The van der Waals surface area contributed by atoms with E-state index in [1.807, 2.05) is 6.92 Å². The van der Waals surface area contributed by atoms with Crippen molar-refractivity contribution in [1.82, 2.24) is 0 Å². The molecule has 0 atom stereocenters. The molecule has 0 radical (unpaired) electrons. The molecular weight excluding hydrogens is 295 g/mol. The molecule has 116 valence electrons. The molecule has 0 spiro atoms. The number of halogens is 1. The molecule has 0 fully saturated rings. The predicted molar refractivity (Wildman–Crippen MR) is 86.1 cm³/mol. The van der Waals surface area contributed by atoms with Crippen molar-refractivity contribution in [2.75, 3.05) is 6.61 Å². The molecule has 2 aromatic rings. The molecule has 0 aromatic heterocycles. The standard InChI is InChI=1S/C19H15FO3/c1-12(2)11-22-15-7-8-16-17(10-15)23-18(19(16)21)9-13-3-5-14(20)6-4-13/h3-10H,1,11H2,2H3/b18-9-. The number of carbonyl (C=O) groups is 1. The summed E-state index contributed by atoms with van der Waals surface area (Å²) in [7, 11) is 0. The molecule has 3 rings (SSSR count). The van der Waals surface area contributed by atoms with Crippen LogP contribution in [-0.2, 0) is 0 Å². The van der Waals surface area contributed by atoms with E-state index in [4.69, 9.17) is 9.47 Å². The van der Waals surface area contributed by atoms with E-state index in [0.717, 1.165) is 5.57 Å². The Kier molecular flexibility index (Phi) is 3.98. The van der Waals surface area contributed by atoms with Crippen molar-refractivity contribution in [2.24, 2.45) is 0 Å². The topological polar surface area (TPSA) is 35.5 Å². The fourth-order valence-electron chi connectivity index (χ4n) is 2.17. The fourth-order valence-corrected chi connectivity index (χ4v) is 2.17. The van der Waals surface area contributed by atoms with Gasteiger partial charge in [0.2, 0.25) is 5.78 Å². The third-order valence-electron chi connectivity index (χ3n) is 3.29. The van der Waals surface area contributed by atoms with Gasteiger partial charge in [0.15, 0.2) is 5.76 Å². The second-order valence-corrected chi connectivity index (χ2v) is 5.40. The first kappa shape index (κ1) is 15.0. The molecule has 3 nitrogen and oxygen atoms in total. The molecule has 4 heteroatoms. The minimum absolute atomic E-state index is 0.198. The highest BCUT2D eigenvalue weighted by Crippen LogP contribution is 2.34. The lowest BCUT2D eigenvalue weighted by atomic mass is 10.1. The maximum atomic E-state index is 12.9. The van der Waals surface area contributed by atoms with E-state index in [9.17, 15) is 9.18 Å². The largest absolute Gasteiger partial charge is 0.489 e. The van der Waals surface area contributed by atoms with Gasteiger partial charge < -0.3 is 9.47 Å². The SMILES string of the molecule is C=C(C)COc1ccc2c(c1)O/C(=C\c1ccc(F)cc1)C2=O. The molecule has 2 aromatic carbocycles. The molecule has 1 aliphatic rings. The first-order valence-electron chi connectivity index (χ1n) is 7.14. The van der Waals surface area contributed by atoms with Gasteiger partial charge in [-0.1, -0.05) is 18.7 Å². The predicted octanol–water partition coefficient (Wildman–Crippen LogP) is 4.40. The highest BCUT2D eigenvalue weighted by Gasteiger charge is 2.27. The quantitative estimate of drug-likeness (QED) is 0.620. The van der Waals surface area contributed by atoms with E-state index < -0.39 is 0 Å². The number of benzene rings is 2. The summed E-state index contributed by atoms with van der Waals surface area (Å²) in [4.78, 5) is 12.3. The van der Waals surface area contributed by atoms with E-state index in [1.54, 1.807) is 36.4 Å². The third kappa shape index (κ3) is 3.31. The number of carbonyl (C=O) groups excluding carboxylic acids is 1. The smallest absolute Gasteiger partial charge is 0.231 e. The van der Waals surface area contributed by atoms with Crippen molar-refractivity contribution in [1.29, 1.82) is 0 Å². The van der Waals surface area contributed by atoms with Crippen LogP contribution in [0.4, 0.5) is 4.39 Å². The fraction of sp³-hybridized carbons (Fsp3) is 0.105. The Morgan fingerprint density at radius 2 is 2.00 bits per heavy atom. The van der Waals surface area contributed by atoms with Gasteiger partial charge in [-0.25, -0.2) is 4.39 Å². The Morgan fingerprint density at radius 3 is 2.70 bits per heavy atom. The van der Waals surface area contributed by atoms with Gasteiger partial charge in [-0.05, 0) is 48.4 Å². The van der Waals surface area contributed by atoms with Gasteiger partial charge >= 0.3 is 0 Å². The number of allylic oxidation sites excluding steroid dienone is 1. The Bertz CT molecular complexity index is 804. The molecule has 0 aliphatic carbocycles. The second-order valence-electron chi connectivity index (χ2n) is 5.40. The molecular formula is C19H15FO3. The van der Waals surface area contributed by atoms with Crippen molar-refractivity contribution in [3.63, 3.8) is 0 Å². The summed E-state index contributed by atoms with van der Waals surface area (Å²) < 4.78 is 24.1. The molecule has 1 aliphatic heterocycles. The minimum Gasteiger partial charge on any atom is -0.489 e. The van der Waals surface area contributed by atoms with Crippen LogP contribution in [-0.4, -0.2) is 12.4 Å². The molecule has 0 saturated carbocycles. The maximum Gasteiger partial charge on any atom is 0.231 e. The average Bonchev–Trinajstić information content (AvgIpc) is 2.83. The van der Waals surface area contributed by atoms with Crippen LogP contribution in [0, 0.1) is 5.82 Å². The first-order valence-corrected chi connectivity index (χ1v) is 7.14. The number of ketones is 1. The Morgan fingerprint density at radius 1 is 1.26 bits per heavy atom. The molecule has 0 amide bonds. The highest BCUT2D eigenvalue weighted by atomic mass is 19.1. The lowest BCUT2D eigenvalue weighted by molar-refractivity contribution is 0.101. The number of hydrogen-bond acceptors (Lipinski definition) is 3. The molecule has 0 N–H and O–H groups in total. The summed E-state index contributed by atoms with van der Waals surface area (Å²) in [5.41, 5.74) is 2.08. The minimum atomic E-state index is -0.326. The van der Waals surface area contributed by atoms with Crippen LogP contribution in [0.2, 0.25) is 0 Å². The molecule has 23 heavy (non-hydrogen) atoms. The average molecular weight is 310 g/mol. The van der Waals surface area contributed by atoms with Crippen molar-refractivity contribution in [3.05, 3.63) is 77.3 Å². The van der Waals surface area contributed by atoms with Crippen molar-refractivity contribution in [3.8, 4) is 11.5 Å². The zero-order chi connectivity index (χ0) is 16.4. The zero-order valence-electron chi connectivity index (χ0n) is 12.6. The van der Waals surface area contributed by atoms with Gasteiger partial charge in [0, 0.05) is 6.07 Å². The van der Waals surface area contributed by atoms with Gasteiger partial charge in [0.05, 0.1) is 5.56 Å². The van der Waals surface area contributed by atoms with Crippen molar-refractivity contribution in [2.45, 2.75) is 6.92 Å². The van der Waals surface area contributed by atoms with Crippen LogP contribution < -0.4 is 9.47 Å². The van der Waals surface area contributed by atoms with E-state index >= 15 is 0 Å². The van der Waals surface area contributed by atoms with Crippen LogP contribution in [0.5, 0.6) is 11.5 Å². The molecule has 0 saturated heterocycles. The summed E-state index contributed by atoms with van der Waals surface area (Å²) >= 11 is 0. The third-order valence-corrected chi connectivity index (χ3v) is 3.29. The van der Waals surface area contributed by atoms with E-state index in [0.29, 0.717) is 29.2 Å². The van der Waals surface area contributed by atoms with Gasteiger partial charge in [-0.15, -0.1) is 0 Å². The lowest BCUT2D eigenvalue weighted by Gasteiger charge is -2.06. The number of rotatable bonds is 4. The van der Waals surface area contributed by atoms with E-state index in [1.165, 1.54) is 12.1 Å². The summed E-state index contributed by atoms with van der Waals surface area (Å²) in [6.07, 6.45) is 1.59.